The van der Waals surface area contributed by atoms with Crippen LogP contribution in [0.4, 0.5) is 0 Å². The third-order valence-corrected chi connectivity index (χ3v) is 1.92. The number of aliphatic hydroxyl groups is 1. The molecule has 0 saturated carbocycles. The molecule has 0 aliphatic heterocycles. The van der Waals surface area contributed by atoms with E-state index in [9.17, 15) is 0 Å². The molecule has 0 radical (unpaired) electrons. The molecule has 0 heterocycles. The molecule has 0 amide bonds. The molecule has 0 aliphatic carbocycles. The number of aromatic hydroxyl groups is 1. The molecule has 4 heteroatoms. The number of nitrogens with one attached hydrogen (secondary N) is 1. The lowest BCUT2D eigenvalue weighted by Crippen LogP contribution is -2.19. The monoisotopic (exact) mass is 211 g/mol. The third-order valence-electron chi connectivity index (χ3n) is 1.92. The molecule has 0 bridgehead atoms. The van der Waals surface area contributed by atoms with Crippen molar-refractivity contribution < 1.29 is 14.9 Å². The van der Waals surface area contributed by atoms with Crippen molar-refractivity contribution in [2.75, 3.05) is 26.4 Å². The molecule has 1 rings (SSSR count). The van der Waals surface area contributed by atoms with Crippen LogP contribution < -0.4 is 5.32 Å². The molecule has 1 aromatic rings. The molecule has 0 aromatic heterocycles. The highest BCUT2D eigenvalue weighted by molar-refractivity contribution is 5.25. The maximum atomic E-state index is 9.06. The summed E-state index contributed by atoms with van der Waals surface area (Å²) in [7, 11) is 0. The number of rotatable bonds is 7. The number of hydrogen-bond acceptors (Lipinski definition) is 4. The molecule has 3 N–H and O–H groups in total. The van der Waals surface area contributed by atoms with Gasteiger partial charge in [0.2, 0.25) is 0 Å². The molecule has 0 spiro atoms. The summed E-state index contributed by atoms with van der Waals surface area (Å²) in [5.74, 6) is 0.282. The highest BCUT2D eigenvalue weighted by Gasteiger charge is 1.93. The van der Waals surface area contributed by atoms with Crippen LogP contribution in [-0.2, 0) is 11.3 Å². The lowest BCUT2D eigenvalue weighted by Gasteiger charge is -2.05. The van der Waals surface area contributed by atoms with Crippen molar-refractivity contribution in [3.05, 3.63) is 29.8 Å². The lowest BCUT2D eigenvalue weighted by molar-refractivity contribution is 0.0938. The van der Waals surface area contributed by atoms with Gasteiger partial charge in [-0.15, -0.1) is 0 Å². The summed E-state index contributed by atoms with van der Waals surface area (Å²) in [6.07, 6.45) is 0. The van der Waals surface area contributed by atoms with Crippen LogP contribution in [0.25, 0.3) is 0 Å². The van der Waals surface area contributed by atoms with Crippen LogP contribution in [0.1, 0.15) is 5.56 Å². The molecule has 0 aliphatic rings. The predicted molar refractivity (Wildman–Crippen MR) is 57.7 cm³/mol. The topological polar surface area (TPSA) is 61.7 Å². The second-order valence-electron chi connectivity index (χ2n) is 3.18. The van der Waals surface area contributed by atoms with Gasteiger partial charge in [0.1, 0.15) is 5.75 Å². The smallest absolute Gasteiger partial charge is 0.115 e. The lowest BCUT2D eigenvalue weighted by atomic mass is 10.2. The van der Waals surface area contributed by atoms with Gasteiger partial charge in [0, 0.05) is 13.1 Å². The summed E-state index contributed by atoms with van der Waals surface area (Å²) >= 11 is 0. The van der Waals surface area contributed by atoms with E-state index in [1.54, 1.807) is 12.1 Å². The zero-order chi connectivity index (χ0) is 10.9. The fraction of sp³-hybridized carbons (Fsp3) is 0.455. The van der Waals surface area contributed by atoms with E-state index in [4.69, 9.17) is 14.9 Å². The molecule has 4 nitrogen and oxygen atoms in total. The third kappa shape index (κ3) is 5.37. The van der Waals surface area contributed by atoms with Gasteiger partial charge in [-0.3, -0.25) is 0 Å². The van der Waals surface area contributed by atoms with Gasteiger partial charge >= 0.3 is 0 Å². The molecule has 0 saturated heterocycles. The highest BCUT2D eigenvalue weighted by atomic mass is 16.5. The van der Waals surface area contributed by atoms with Gasteiger partial charge in [0.25, 0.3) is 0 Å². The van der Waals surface area contributed by atoms with Crippen molar-refractivity contribution in [3.8, 4) is 5.75 Å². The molecule has 15 heavy (non-hydrogen) atoms. The molecule has 0 unspecified atom stereocenters. The van der Waals surface area contributed by atoms with Crippen LogP contribution in [-0.4, -0.2) is 36.6 Å². The molecule has 84 valence electrons. The highest BCUT2D eigenvalue weighted by Crippen LogP contribution is 2.08. The zero-order valence-corrected chi connectivity index (χ0v) is 8.65. The van der Waals surface area contributed by atoms with Gasteiger partial charge in [-0.05, 0) is 17.7 Å². The molecular weight excluding hydrogens is 194 g/mol. The summed E-state index contributed by atoms with van der Waals surface area (Å²) in [6, 6.07) is 7.08. The van der Waals surface area contributed by atoms with Crippen LogP contribution >= 0.6 is 0 Å². The van der Waals surface area contributed by atoms with Gasteiger partial charge in [0.05, 0.1) is 19.8 Å². The maximum absolute atomic E-state index is 9.06. The van der Waals surface area contributed by atoms with Crippen molar-refractivity contribution >= 4 is 0 Å². The standard InChI is InChI=1S/C11H17NO3/c13-6-8-15-7-5-12-9-10-1-3-11(14)4-2-10/h1-4,12-14H,5-9H2. The SMILES string of the molecule is OCCOCCNCc1ccc(O)cc1. The van der Waals surface area contributed by atoms with E-state index in [1.165, 1.54) is 0 Å². The Balaban J connectivity index is 2.07. The minimum atomic E-state index is 0.0674. The molecule has 0 atom stereocenters. The van der Waals surface area contributed by atoms with Crippen LogP contribution in [0.3, 0.4) is 0 Å². The minimum Gasteiger partial charge on any atom is -0.508 e. The van der Waals surface area contributed by atoms with Gasteiger partial charge < -0.3 is 20.3 Å². The van der Waals surface area contributed by atoms with E-state index in [0.29, 0.717) is 13.2 Å². The van der Waals surface area contributed by atoms with Gasteiger partial charge in [0.15, 0.2) is 0 Å². The number of phenolic OH excluding ortho intramolecular Hbond substituents is 1. The van der Waals surface area contributed by atoms with E-state index in [-0.39, 0.29) is 12.4 Å². The van der Waals surface area contributed by atoms with Crippen LogP contribution in [0.2, 0.25) is 0 Å². The normalized spacial score (nSPS) is 10.5. The Morgan fingerprint density at radius 1 is 1.13 bits per heavy atom. The Hall–Kier alpha value is -1.10. The number of hydrogen-bond donors (Lipinski definition) is 3. The van der Waals surface area contributed by atoms with Crippen molar-refractivity contribution in [3.63, 3.8) is 0 Å². The molecular formula is C11H17NO3. The molecule has 0 fully saturated rings. The summed E-state index contributed by atoms with van der Waals surface area (Å²) in [6.45, 7) is 2.56. The minimum absolute atomic E-state index is 0.0674. The van der Waals surface area contributed by atoms with Crippen LogP contribution in [0.15, 0.2) is 24.3 Å². The number of ether oxygens (including phenoxy) is 1. The first kappa shape index (κ1) is 12.0. The first-order chi connectivity index (χ1) is 7.33. The van der Waals surface area contributed by atoms with Crippen LogP contribution in [0, 0.1) is 0 Å². The quantitative estimate of drug-likeness (QED) is 0.574. The summed E-state index contributed by atoms with van der Waals surface area (Å²) in [5.41, 5.74) is 1.12. The maximum Gasteiger partial charge on any atom is 0.115 e. The number of aliphatic hydroxyl groups excluding tert-OH is 1. The predicted octanol–water partition coefficient (Wildman–Crippen LogP) is 0.491. The fourth-order valence-corrected chi connectivity index (χ4v) is 1.16. The van der Waals surface area contributed by atoms with Crippen molar-refractivity contribution in [1.82, 2.24) is 5.32 Å². The second-order valence-corrected chi connectivity index (χ2v) is 3.18. The van der Waals surface area contributed by atoms with Gasteiger partial charge in [-0.1, -0.05) is 12.1 Å². The van der Waals surface area contributed by atoms with Crippen molar-refractivity contribution in [2.45, 2.75) is 6.54 Å². The Morgan fingerprint density at radius 3 is 2.53 bits per heavy atom. The van der Waals surface area contributed by atoms with Gasteiger partial charge in [-0.2, -0.15) is 0 Å². The Morgan fingerprint density at radius 2 is 1.87 bits per heavy atom. The summed E-state index contributed by atoms with van der Waals surface area (Å²) in [5, 5.41) is 20.7. The largest absolute Gasteiger partial charge is 0.508 e. The average molecular weight is 211 g/mol. The van der Waals surface area contributed by atoms with E-state index in [1.807, 2.05) is 12.1 Å². The fourth-order valence-electron chi connectivity index (χ4n) is 1.16. The summed E-state index contributed by atoms with van der Waals surface area (Å²) < 4.78 is 5.09. The van der Waals surface area contributed by atoms with E-state index >= 15 is 0 Å². The summed E-state index contributed by atoms with van der Waals surface area (Å²) in [4.78, 5) is 0. The number of benzene rings is 1. The van der Waals surface area contributed by atoms with E-state index in [0.717, 1.165) is 18.7 Å². The first-order valence-corrected chi connectivity index (χ1v) is 5.00. The van der Waals surface area contributed by atoms with Gasteiger partial charge in [-0.25, -0.2) is 0 Å². The van der Waals surface area contributed by atoms with Crippen molar-refractivity contribution in [2.24, 2.45) is 0 Å². The number of phenols is 1. The van der Waals surface area contributed by atoms with E-state index < -0.39 is 0 Å². The Labute approximate surface area is 89.5 Å². The zero-order valence-electron chi connectivity index (χ0n) is 8.65. The van der Waals surface area contributed by atoms with Crippen LogP contribution in [0.5, 0.6) is 5.75 Å². The Bertz CT molecular complexity index is 261. The van der Waals surface area contributed by atoms with Crippen molar-refractivity contribution in [1.29, 1.82) is 0 Å². The average Bonchev–Trinajstić information content (AvgIpc) is 2.26. The first-order valence-electron chi connectivity index (χ1n) is 5.00. The van der Waals surface area contributed by atoms with E-state index in [2.05, 4.69) is 5.32 Å². The second kappa shape index (κ2) is 7.23. The molecule has 1 aromatic carbocycles. The Kier molecular flexibility index (Phi) is 5.77.